The van der Waals surface area contributed by atoms with Gasteiger partial charge in [0.2, 0.25) is 5.91 Å². The van der Waals surface area contributed by atoms with Gasteiger partial charge in [-0.3, -0.25) is 9.59 Å². The number of hydrogen-bond acceptors (Lipinski definition) is 3. The van der Waals surface area contributed by atoms with Crippen LogP contribution in [0.1, 0.15) is 62.6 Å². The Kier molecular flexibility index (Phi) is 8.72. The predicted molar refractivity (Wildman–Crippen MR) is 128 cm³/mol. The molecule has 0 saturated heterocycles. The molecule has 1 N–H and O–H groups in total. The van der Waals surface area contributed by atoms with Crippen molar-refractivity contribution in [2.45, 2.75) is 77.9 Å². The first-order valence-electron chi connectivity index (χ1n) is 11.8. The number of nitrogens with zero attached hydrogens (tertiary/aromatic N) is 1. The van der Waals surface area contributed by atoms with E-state index in [1.807, 2.05) is 55.5 Å². The number of aryl methyl sites for hydroxylation is 2. The largest absolute Gasteiger partial charge is 0.484 e. The van der Waals surface area contributed by atoms with Crippen molar-refractivity contribution < 1.29 is 14.3 Å². The second-order valence-electron chi connectivity index (χ2n) is 8.81. The fourth-order valence-electron chi connectivity index (χ4n) is 4.09. The Labute approximate surface area is 192 Å². The normalized spacial score (nSPS) is 15.1. The zero-order chi connectivity index (χ0) is 22.9. The minimum Gasteiger partial charge on any atom is -0.484 e. The second-order valence-corrected chi connectivity index (χ2v) is 8.81. The smallest absolute Gasteiger partial charge is 0.261 e. The third-order valence-corrected chi connectivity index (χ3v) is 6.29. The van der Waals surface area contributed by atoms with Crippen molar-refractivity contribution in [3.8, 4) is 5.75 Å². The highest BCUT2D eigenvalue weighted by Gasteiger charge is 2.28. The fraction of sp³-hybridized carbons (Fsp3) is 0.481. The van der Waals surface area contributed by atoms with Crippen molar-refractivity contribution >= 4 is 11.8 Å². The molecule has 172 valence electrons. The molecule has 0 bridgehead atoms. The maximum Gasteiger partial charge on any atom is 0.261 e. The van der Waals surface area contributed by atoms with Crippen LogP contribution in [-0.4, -0.2) is 35.4 Å². The molecule has 2 aromatic carbocycles. The Morgan fingerprint density at radius 2 is 1.62 bits per heavy atom. The molecule has 32 heavy (non-hydrogen) atoms. The van der Waals surface area contributed by atoms with Gasteiger partial charge in [-0.15, -0.1) is 0 Å². The van der Waals surface area contributed by atoms with Crippen LogP contribution in [0.5, 0.6) is 5.75 Å². The van der Waals surface area contributed by atoms with Crippen molar-refractivity contribution in [1.82, 2.24) is 10.2 Å². The average molecular weight is 437 g/mol. The highest BCUT2D eigenvalue weighted by Crippen LogP contribution is 2.19. The Morgan fingerprint density at radius 1 is 1.00 bits per heavy atom. The first-order chi connectivity index (χ1) is 15.5. The molecule has 1 atom stereocenters. The molecular weight excluding hydrogens is 400 g/mol. The lowest BCUT2D eigenvalue weighted by atomic mass is 9.95. The molecule has 1 aliphatic rings. The lowest BCUT2D eigenvalue weighted by Crippen LogP contribution is -2.51. The summed E-state index contributed by atoms with van der Waals surface area (Å²) < 4.78 is 5.76. The highest BCUT2D eigenvalue weighted by atomic mass is 16.5. The van der Waals surface area contributed by atoms with Crippen molar-refractivity contribution in [3.63, 3.8) is 0 Å². The summed E-state index contributed by atoms with van der Waals surface area (Å²) in [6.07, 6.45) is 6.52. The standard InChI is InChI=1S/C27H36N2O3/c1-4-22-14-16-25(17-15-22)32-19-26(30)29(18-23-12-10-20(2)11-13-23)21(3)27(31)28-24-8-6-5-7-9-24/h10-17,21,24H,4-9,18-19H2,1-3H3,(H,28,31). The lowest BCUT2D eigenvalue weighted by Gasteiger charge is -2.31. The molecule has 2 amide bonds. The van der Waals surface area contributed by atoms with Crippen LogP contribution in [0.4, 0.5) is 0 Å². The SMILES string of the molecule is CCc1ccc(OCC(=O)N(Cc2ccc(C)cc2)C(C)C(=O)NC2CCCCC2)cc1. The molecule has 0 aromatic heterocycles. The van der Waals surface area contributed by atoms with E-state index in [4.69, 9.17) is 4.74 Å². The first-order valence-corrected chi connectivity index (χ1v) is 11.8. The summed E-state index contributed by atoms with van der Waals surface area (Å²) in [5, 5.41) is 3.16. The zero-order valence-electron chi connectivity index (χ0n) is 19.6. The summed E-state index contributed by atoms with van der Waals surface area (Å²) >= 11 is 0. The number of carbonyl (C=O) groups is 2. The minimum atomic E-state index is -0.572. The molecule has 5 nitrogen and oxygen atoms in total. The van der Waals surface area contributed by atoms with Crippen LogP contribution in [0.3, 0.4) is 0 Å². The van der Waals surface area contributed by atoms with Gasteiger partial charge in [0.25, 0.3) is 5.91 Å². The molecule has 5 heteroatoms. The maximum absolute atomic E-state index is 13.2. The van der Waals surface area contributed by atoms with Gasteiger partial charge in [0, 0.05) is 12.6 Å². The minimum absolute atomic E-state index is 0.0929. The summed E-state index contributed by atoms with van der Waals surface area (Å²) in [7, 11) is 0. The first kappa shape index (κ1) is 23.8. The molecule has 0 spiro atoms. The van der Waals surface area contributed by atoms with Crippen LogP contribution in [0.15, 0.2) is 48.5 Å². The third kappa shape index (κ3) is 6.84. The molecule has 1 saturated carbocycles. The van der Waals surface area contributed by atoms with E-state index in [1.54, 1.807) is 11.8 Å². The van der Waals surface area contributed by atoms with Crippen LogP contribution in [0, 0.1) is 6.92 Å². The number of ether oxygens (including phenoxy) is 1. The zero-order valence-corrected chi connectivity index (χ0v) is 19.6. The molecule has 0 radical (unpaired) electrons. The van der Waals surface area contributed by atoms with Crippen LogP contribution < -0.4 is 10.1 Å². The predicted octanol–water partition coefficient (Wildman–Crippen LogP) is 4.80. The Morgan fingerprint density at radius 3 is 2.25 bits per heavy atom. The lowest BCUT2D eigenvalue weighted by molar-refractivity contribution is -0.142. The van der Waals surface area contributed by atoms with Gasteiger partial charge < -0.3 is 15.0 Å². The molecular formula is C27H36N2O3. The topological polar surface area (TPSA) is 58.6 Å². The summed E-state index contributed by atoms with van der Waals surface area (Å²) in [5.41, 5.74) is 3.37. The maximum atomic E-state index is 13.2. The average Bonchev–Trinajstić information content (AvgIpc) is 2.82. The van der Waals surface area contributed by atoms with E-state index in [2.05, 4.69) is 12.2 Å². The number of nitrogens with one attached hydrogen (secondary N) is 1. The Hall–Kier alpha value is -2.82. The number of hydrogen-bond donors (Lipinski definition) is 1. The van der Waals surface area contributed by atoms with E-state index in [0.717, 1.165) is 43.2 Å². The summed E-state index contributed by atoms with van der Waals surface area (Å²) in [4.78, 5) is 27.8. The Bertz CT molecular complexity index is 871. The van der Waals surface area contributed by atoms with Gasteiger partial charge >= 0.3 is 0 Å². The van der Waals surface area contributed by atoms with Gasteiger partial charge in [-0.1, -0.05) is 68.1 Å². The summed E-state index contributed by atoms with van der Waals surface area (Å²) in [5.74, 6) is 0.367. The monoisotopic (exact) mass is 436 g/mol. The summed E-state index contributed by atoms with van der Waals surface area (Å²) in [6, 6.07) is 15.5. The van der Waals surface area contributed by atoms with Crippen LogP contribution in [0.2, 0.25) is 0 Å². The summed E-state index contributed by atoms with van der Waals surface area (Å²) in [6.45, 7) is 6.21. The molecule has 3 rings (SSSR count). The van der Waals surface area contributed by atoms with E-state index < -0.39 is 6.04 Å². The number of carbonyl (C=O) groups excluding carboxylic acids is 2. The van der Waals surface area contributed by atoms with Crippen molar-refractivity contribution in [1.29, 1.82) is 0 Å². The third-order valence-electron chi connectivity index (χ3n) is 6.29. The van der Waals surface area contributed by atoms with E-state index in [1.165, 1.54) is 12.0 Å². The van der Waals surface area contributed by atoms with Crippen molar-refractivity contribution in [2.24, 2.45) is 0 Å². The van der Waals surface area contributed by atoms with Gasteiger partial charge in [0.1, 0.15) is 11.8 Å². The highest BCUT2D eigenvalue weighted by molar-refractivity contribution is 5.88. The Balaban J connectivity index is 1.68. The van der Waals surface area contributed by atoms with Gasteiger partial charge in [-0.2, -0.15) is 0 Å². The van der Waals surface area contributed by atoms with Crippen molar-refractivity contribution in [3.05, 3.63) is 65.2 Å². The second kappa shape index (κ2) is 11.7. The van der Waals surface area contributed by atoms with E-state index in [0.29, 0.717) is 12.3 Å². The van der Waals surface area contributed by atoms with Crippen LogP contribution in [0.25, 0.3) is 0 Å². The van der Waals surface area contributed by atoms with Gasteiger partial charge in [-0.25, -0.2) is 0 Å². The number of rotatable bonds is 9. The fourth-order valence-corrected chi connectivity index (χ4v) is 4.09. The number of benzene rings is 2. The molecule has 1 aliphatic carbocycles. The molecule has 0 aliphatic heterocycles. The molecule has 1 unspecified atom stereocenters. The van der Waals surface area contributed by atoms with Crippen LogP contribution in [-0.2, 0) is 22.6 Å². The van der Waals surface area contributed by atoms with E-state index >= 15 is 0 Å². The van der Waals surface area contributed by atoms with Crippen molar-refractivity contribution in [2.75, 3.05) is 6.61 Å². The quantitative estimate of drug-likeness (QED) is 0.614. The van der Waals surface area contributed by atoms with Crippen LogP contribution >= 0.6 is 0 Å². The van der Waals surface area contributed by atoms with Gasteiger partial charge in [0.15, 0.2) is 6.61 Å². The number of amides is 2. The molecule has 0 heterocycles. The van der Waals surface area contributed by atoms with Gasteiger partial charge in [-0.05, 0) is 56.4 Å². The molecule has 2 aromatic rings. The van der Waals surface area contributed by atoms with E-state index in [-0.39, 0.29) is 24.5 Å². The van der Waals surface area contributed by atoms with E-state index in [9.17, 15) is 9.59 Å². The molecule has 1 fully saturated rings. The van der Waals surface area contributed by atoms with Gasteiger partial charge in [0.05, 0.1) is 0 Å².